The predicted molar refractivity (Wildman–Crippen MR) is 208 cm³/mol. The Kier molecular flexibility index (Phi) is 4.11. The van der Waals surface area contributed by atoms with E-state index in [-0.39, 0.29) is 74.0 Å². The molecule has 0 aliphatic heterocycles. The molecule has 0 amide bonds. The third-order valence-electron chi connectivity index (χ3n) is 9.07. The first-order valence-electron chi connectivity index (χ1n) is 21.9. The number of benzene rings is 9. The minimum Gasteiger partial charge on any atom is -0.456 e. The molecule has 1 aromatic heterocycles. The third-order valence-corrected chi connectivity index (χ3v) is 9.07. The normalized spacial score (nSPS) is 15.1. The summed E-state index contributed by atoms with van der Waals surface area (Å²) in [5.41, 5.74) is 3.23. The molecule has 9 aromatic carbocycles. The molecular weight excluding hydrogens is 593 g/mol. The van der Waals surface area contributed by atoms with Crippen LogP contribution in [-0.2, 0) is 0 Å². The highest BCUT2D eigenvalue weighted by molar-refractivity contribution is 6.26. The molecule has 0 N–H and O–H groups in total. The van der Waals surface area contributed by atoms with E-state index in [2.05, 4.69) is 0 Å². The molecule has 228 valence electrons. The van der Waals surface area contributed by atoms with Crippen LogP contribution in [0.2, 0.25) is 0 Å². The molecular formula is C48H30O. The van der Waals surface area contributed by atoms with E-state index in [1.54, 1.807) is 12.1 Å². The van der Waals surface area contributed by atoms with Gasteiger partial charge >= 0.3 is 0 Å². The summed E-state index contributed by atoms with van der Waals surface area (Å²) in [4.78, 5) is 0. The van der Waals surface area contributed by atoms with Gasteiger partial charge in [-0.15, -0.1) is 0 Å². The van der Waals surface area contributed by atoms with Crippen LogP contribution in [0.1, 0.15) is 16.4 Å². The van der Waals surface area contributed by atoms with Gasteiger partial charge in [0.2, 0.25) is 0 Å². The summed E-state index contributed by atoms with van der Waals surface area (Å²) < 4.78 is 116. The van der Waals surface area contributed by atoms with Crippen molar-refractivity contribution in [2.24, 2.45) is 0 Å². The Hall–Kier alpha value is -6.44. The van der Waals surface area contributed by atoms with E-state index in [1.165, 1.54) is 0 Å². The van der Waals surface area contributed by atoms with Crippen molar-refractivity contribution in [3.05, 3.63) is 182 Å². The molecule has 49 heavy (non-hydrogen) atoms. The quantitative estimate of drug-likeness (QED) is 0.176. The lowest BCUT2D eigenvalue weighted by molar-refractivity contribution is 0.669. The number of hydrogen-bond donors (Lipinski definition) is 0. The lowest BCUT2D eigenvalue weighted by atomic mass is 9.83. The van der Waals surface area contributed by atoms with Crippen molar-refractivity contribution in [2.75, 3.05) is 0 Å². The van der Waals surface area contributed by atoms with Gasteiger partial charge < -0.3 is 4.42 Å². The second-order valence-corrected chi connectivity index (χ2v) is 11.8. The van der Waals surface area contributed by atoms with Crippen LogP contribution in [0.25, 0.3) is 98.8 Å². The molecule has 0 unspecified atom stereocenters. The summed E-state index contributed by atoms with van der Waals surface area (Å²) in [6.45, 7) is 0. The summed E-state index contributed by atoms with van der Waals surface area (Å²) in [6.07, 6.45) is 0. The molecule has 0 aliphatic rings. The van der Waals surface area contributed by atoms with Gasteiger partial charge in [0.15, 0.2) is 0 Å². The Balaban J connectivity index is 1.40. The minimum atomic E-state index is -0.577. The highest BCUT2D eigenvalue weighted by Gasteiger charge is 2.21. The maximum atomic E-state index is 9.97. The van der Waals surface area contributed by atoms with Crippen LogP contribution in [-0.4, -0.2) is 0 Å². The van der Waals surface area contributed by atoms with Crippen LogP contribution in [0.3, 0.4) is 0 Å². The van der Waals surface area contributed by atoms with E-state index < -0.39 is 42.3 Å². The summed E-state index contributed by atoms with van der Waals surface area (Å²) in [5, 5.41) is 1.83. The van der Waals surface area contributed by atoms with Gasteiger partial charge in [-0.1, -0.05) is 158 Å². The molecule has 0 bridgehead atoms. The Morgan fingerprint density at radius 2 is 0.939 bits per heavy atom. The zero-order valence-electron chi connectivity index (χ0n) is 37.8. The average Bonchev–Trinajstić information content (AvgIpc) is 3.69. The first-order valence-corrected chi connectivity index (χ1v) is 15.9. The number of rotatable bonds is 4. The molecule has 0 radical (unpaired) electrons. The highest BCUT2D eigenvalue weighted by atomic mass is 16.3. The second kappa shape index (κ2) is 11.1. The van der Waals surface area contributed by atoms with E-state index in [0.717, 1.165) is 0 Å². The summed E-state index contributed by atoms with van der Waals surface area (Å²) in [5.74, 6) is 0. The Morgan fingerprint density at radius 1 is 0.367 bits per heavy atom. The fourth-order valence-corrected chi connectivity index (χ4v) is 6.95. The largest absolute Gasteiger partial charge is 0.456 e. The van der Waals surface area contributed by atoms with Crippen molar-refractivity contribution in [3.8, 4) is 44.5 Å². The molecule has 1 nitrogen and oxygen atoms in total. The van der Waals surface area contributed by atoms with Crippen molar-refractivity contribution < 1.29 is 20.9 Å². The van der Waals surface area contributed by atoms with Gasteiger partial charge in [0, 0.05) is 10.8 Å². The summed E-state index contributed by atoms with van der Waals surface area (Å²) >= 11 is 0. The molecule has 10 rings (SSSR count). The van der Waals surface area contributed by atoms with Gasteiger partial charge in [0.25, 0.3) is 0 Å². The summed E-state index contributed by atoms with van der Waals surface area (Å²) in [6, 6.07) is 28.8. The molecule has 10 aromatic rings. The van der Waals surface area contributed by atoms with Crippen LogP contribution in [0.4, 0.5) is 0 Å². The fourth-order valence-electron chi connectivity index (χ4n) is 6.95. The molecule has 0 atom stereocenters. The SMILES string of the molecule is [2H]c1c([2H])c(-c2ccccc2)c(-c2ccccc2)c([2H])c1-c1c2ccccc2c(-c2c([2H])c([2H])c([2H])c3oc4c([2H])c5c([2H])c([2H])c([2H])c([2H])c5c([2H])c4c23)c2ccccc12. The van der Waals surface area contributed by atoms with Crippen molar-refractivity contribution in [1.82, 2.24) is 0 Å². The summed E-state index contributed by atoms with van der Waals surface area (Å²) in [7, 11) is 0. The first kappa shape index (κ1) is 18.2. The number of furan rings is 1. The number of hydrogen-bond acceptors (Lipinski definition) is 1. The molecule has 1 heterocycles. The lowest BCUT2D eigenvalue weighted by Crippen LogP contribution is -1.93. The van der Waals surface area contributed by atoms with Crippen LogP contribution < -0.4 is 0 Å². The van der Waals surface area contributed by atoms with E-state index in [0.29, 0.717) is 54.9 Å². The Morgan fingerprint density at radius 3 is 1.59 bits per heavy atom. The number of fused-ring (bicyclic) bond motifs is 6. The maximum Gasteiger partial charge on any atom is 0.136 e. The van der Waals surface area contributed by atoms with E-state index in [1.807, 2.05) is 97.1 Å². The monoisotopic (exact) mass is 634 g/mol. The van der Waals surface area contributed by atoms with Gasteiger partial charge in [-0.05, 0) is 101 Å². The zero-order chi connectivity index (χ0) is 42.8. The van der Waals surface area contributed by atoms with Gasteiger partial charge in [-0.2, -0.15) is 0 Å². The van der Waals surface area contributed by atoms with Crippen LogP contribution >= 0.6 is 0 Å². The lowest BCUT2D eigenvalue weighted by Gasteiger charge is -2.19. The zero-order valence-corrected chi connectivity index (χ0v) is 25.8. The molecule has 0 saturated heterocycles. The van der Waals surface area contributed by atoms with Crippen molar-refractivity contribution in [3.63, 3.8) is 0 Å². The average molecular weight is 635 g/mol. The topological polar surface area (TPSA) is 13.1 Å². The van der Waals surface area contributed by atoms with Crippen LogP contribution in [0.15, 0.2) is 186 Å². The smallest absolute Gasteiger partial charge is 0.136 e. The molecule has 0 fully saturated rings. The van der Waals surface area contributed by atoms with Gasteiger partial charge in [0.05, 0.1) is 16.4 Å². The molecule has 0 spiro atoms. The molecule has 0 saturated carbocycles. The molecule has 1 heteroatoms. The Labute approximate surface area is 301 Å². The fraction of sp³-hybridized carbons (Fsp3) is 0. The van der Waals surface area contributed by atoms with Crippen molar-refractivity contribution in [2.45, 2.75) is 0 Å². The van der Waals surface area contributed by atoms with E-state index in [4.69, 9.17) is 12.6 Å². The Bertz CT molecular complexity index is 3490. The van der Waals surface area contributed by atoms with E-state index in [9.17, 15) is 8.22 Å². The second-order valence-electron chi connectivity index (χ2n) is 11.8. The van der Waals surface area contributed by atoms with Gasteiger partial charge in [-0.25, -0.2) is 0 Å². The third kappa shape index (κ3) is 4.40. The van der Waals surface area contributed by atoms with Gasteiger partial charge in [0.1, 0.15) is 11.2 Å². The standard InChI is InChI=1S/C48H30O/c1-3-14-31(15-4-1)36-27-26-35(29-42(36)32-16-5-2-6-17-32)46-37-20-9-11-22-39(37)47(40-23-12-10-21-38(40)46)41-24-13-25-44-48(41)43-28-33-18-7-8-19-34(33)30-45(43)49-44/h1-30H/i7D,8D,13D,18D,19D,24D,25D,26D,27D,28D,29D,30D. The van der Waals surface area contributed by atoms with Crippen LogP contribution in [0, 0.1) is 0 Å². The van der Waals surface area contributed by atoms with E-state index >= 15 is 0 Å². The first-order chi connectivity index (χ1) is 29.3. The maximum absolute atomic E-state index is 9.97. The predicted octanol–water partition coefficient (Wildman–Crippen LogP) is 13.7. The van der Waals surface area contributed by atoms with Gasteiger partial charge in [-0.3, -0.25) is 0 Å². The van der Waals surface area contributed by atoms with Crippen molar-refractivity contribution >= 4 is 54.3 Å². The van der Waals surface area contributed by atoms with Crippen molar-refractivity contribution in [1.29, 1.82) is 0 Å². The minimum absolute atomic E-state index is 0.0310. The van der Waals surface area contributed by atoms with Crippen LogP contribution in [0.5, 0.6) is 0 Å². The highest BCUT2D eigenvalue weighted by Crippen LogP contribution is 2.48. The molecule has 0 aliphatic carbocycles.